The van der Waals surface area contributed by atoms with E-state index in [-0.39, 0.29) is 5.78 Å². The second kappa shape index (κ2) is 4.97. The molecule has 100 valence electrons. The Labute approximate surface area is 118 Å². The van der Waals surface area contributed by atoms with Crippen LogP contribution in [-0.2, 0) is 6.42 Å². The lowest BCUT2D eigenvalue weighted by Crippen LogP contribution is -2.06. The lowest BCUT2D eigenvalue weighted by Gasteiger charge is -2.09. The first-order valence-electron chi connectivity index (χ1n) is 6.81. The van der Waals surface area contributed by atoms with Gasteiger partial charge < -0.3 is 4.42 Å². The van der Waals surface area contributed by atoms with E-state index < -0.39 is 0 Å². The molecule has 0 bridgehead atoms. The minimum absolute atomic E-state index is 0.0462. The highest BCUT2D eigenvalue weighted by atomic mass is 16.3. The smallest absolute Gasteiger partial charge is 0.197 e. The van der Waals surface area contributed by atoms with Gasteiger partial charge in [0, 0.05) is 12.0 Å². The highest BCUT2D eigenvalue weighted by Crippen LogP contribution is 2.26. The number of hydrogen-bond acceptors (Lipinski definition) is 2. The van der Waals surface area contributed by atoms with Crippen LogP contribution in [0.2, 0.25) is 0 Å². The van der Waals surface area contributed by atoms with Crippen LogP contribution in [-0.4, -0.2) is 5.78 Å². The SMILES string of the molecule is CCc1occc1C(=O)c1c(C)ccc2ccccc12. The normalized spacial score (nSPS) is 10.9. The van der Waals surface area contributed by atoms with Gasteiger partial charge in [-0.15, -0.1) is 0 Å². The quantitative estimate of drug-likeness (QED) is 0.650. The molecule has 2 nitrogen and oxygen atoms in total. The predicted molar refractivity (Wildman–Crippen MR) is 80.2 cm³/mol. The van der Waals surface area contributed by atoms with Gasteiger partial charge in [0.25, 0.3) is 0 Å². The Morgan fingerprint density at radius 2 is 1.90 bits per heavy atom. The standard InChI is InChI=1S/C18H16O2/c1-3-16-15(10-11-20-16)18(19)17-12(2)8-9-13-6-4-5-7-14(13)17/h4-11H,3H2,1-2H3. The molecule has 0 N–H and O–H groups in total. The molecule has 0 aliphatic carbocycles. The fourth-order valence-corrected chi connectivity index (χ4v) is 2.63. The van der Waals surface area contributed by atoms with Crippen molar-refractivity contribution < 1.29 is 9.21 Å². The van der Waals surface area contributed by atoms with Gasteiger partial charge in [0.15, 0.2) is 5.78 Å². The topological polar surface area (TPSA) is 30.2 Å². The first kappa shape index (κ1) is 12.7. The molecule has 0 aliphatic rings. The molecule has 0 aliphatic heterocycles. The Kier molecular flexibility index (Phi) is 3.15. The largest absolute Gasteiger partial charge is 0.469 e. The summed E-state index contributed by atoms with van der Waals surface area (Å²) in [6.07, 6.45) is 2.31. The van der Waals surface area contributed by atoms with Crippen molar-refractivity contribution in [3.63, 3.8) is 0 Å². The number of carbonyl (C=O) groups is 1. The number of carbonyl (C=O) groups excluding carboxylic acids is 1. The van der Waals surface area contributed by atoms with Gasteiger partial charge in [-0.05, 0) is 29.3 Å². The molecule has 0 saturated heterocycles. The van der Waals surface area contributed by atoms with Crippen LogP contribution in [0.25, 0.3) is 10.8 Å². The molecule has 2 aromatic carbocycles. The van der Waals surface area contributed by atoms with Gasteiger partial charge in [0.1, 0.15) is 5.76 Å². The Morgan fingerprint density at radius 3 is 2.70 bits per heavy atom. The maximum absolute atomic E-state index is 12.9. The fourth-order valence-electron chi connectivity index (χ4n) is 2.63. The van der Waals surface area contributed by atoms with Gasteiger partial charge in [-0.3, -0.25) is 4.79 Å². The summed E-state index contributed by atoms with van der Waals surface area (Å²) in [5.74, 6) is 0.798. The zero-order valence-electron chi connectivity index (χ0n) is 11.6. The number of ketones is 1. The molecule has 0 spiro atoms. The lowest BCUT2D eigenvalue weighted by molar-refractivity contribution is 0.103. The number of aryl methyl sites for hydroxylation is 2. The lowest BCUT2D eigenvalue weighted by atomic mass is 9.93. The number of furan rings is 1. The van der Waals surface area contributed by atoms with Crippen molar-refractivity contribution >= 4 is 16.6 Å². The molecule has 0 atom stereocenters. The summed E-state index contributed by atoms with van der Waals surface area (Å²) in [7, 11) is 0. The average Bonchev–Trinajstić information content (AvgIpc) is 2.95. The number of benzene rings is 2. The van der Waals surface area contributed by atoms with Crippen LogP contribution in [0.15, 0.2) is 53.1 Å². The highest BCUT2D eigenvalue weighted by Gasteiger charge is 2.19. The molecule has 3 aromatic rings. The summed E-state index contributed by atoms with van der Waals surface area (Å²) in [5.41, 5.74) is 2.45. The molecule has 3 rings (SSSR count). The summed E-state index contributed by atoms with van der Waals surface area (Å²) in [6, 6.07) is 13.8. The number of hydrogen-bond donors (Lipinski definition) is 0. The van der Waals surface area contributed by atoms with E-state index in [1.165, 1.54) is 0 Å². The molecule has 2 heteroatoms. The van der Waals surface area contributed by atoms with E-state index in [2.05, 4.69) is 6.07 Å². The minimum atomic E-state index is 0.0462. The van der Waals surface area contributed by atoms with Crippen molar-refractivity contribution in [1.82, 2.24) is 0 Å². The maximum Gasteiger partial charge on any atom is 0.197 e. The van der Waals surface area contributed by atoms with E-state index >= 15 is 0 Å². The van der Waals surface area contributed by atoms with Gasteiger partial charge in [-0.25, -0.2) is 0 Å². The van der Waals surface area contributed by atoms with Crippen molar-refractivity contribution in [3.8, 4) is 0 Å². The Balaban J connectivity index is 2.24. The van der Waals surface area contributed by atoms with Crippen LogP contribution in [0, 0.1) is 6.92 Å². The summed E-state index contributed by atoms with van der Waals surface area (Å²) in [5, 5.41) is 2.09. The molecule has 20 heavy (non-hydrogen) atoms. The molecule has 0 amide bonds. The van der Waals surface area contributed by atoms with Crippen molar-refractivity contribution in [2.45, 2.75) is 20.3 Å². The van der Waals surface area contributed by atoms with Gasteiger partial charge in [0.05, 0.1) is 11.8 Å². The predicted octanol–water partition coefficient (Wildman–Crippen LogP) is 4.53. The number of rotatable bonds is 3. The summed E-state index contributed by atoms with van der Waals surface area (Å²) in [4.78, 5) is 12.9. The van der Waals surface area contributed by atoms with Crippen molar-refractivity contribution in [2.24, 2.45) is 0 Å². The molecule has 1 heterocycles. The third-order valence-electron chi connectivity index (χ3n) is 3.68. The van der Waals surface area contributed by atoms with Crippen molar-refractivity contribution in [1.29, 1.82) is 0 Å². The van der Waals surface area contributed by atoms with Gasteiger partial charge >= 0.3 is 0 Å². The molecule has 0 unspecified atom stereocenters. The second-order valence-electron chi connectivity index (χ2n) is 4.92. The first-order valence-corrected chi connectivity index (χ1v) is 6.81. The summed E-state index contributed by atoms with van der Waals surface area (Å²) < 4.78 is 5.39. The van der Waals surface area contributed by atoms with E-state index in [1.54, 1.807) is 12.3 Å². The molecular formula is C18H16O2. The Hall–Kier alpha value is -2.35. The van der Waals surface area contributed by atoms with Gasteiger partial charge in [-0.2, -0.15) is 0 Å². The second-order valence-corrected chi connectivity index (χ2v) is 4.92. The molecule has 0 radical (unpaired) electrons. The molecule has 0 saturated carbocycles. The highest BCUT2D eigenvalue weighted by molar-refractivity contribution is 6.17. The van der Waals surface area contributed by atoms with Crippen LogP contribution in [0.1, 0.15) is 34.2 Å². The zero-order valence-corrected chi connectivity index (χ0v) is 11.6. The third kappa shape index (κ3) is 1.94. The van der Waals surface area contributed by atoms with Crippen LogP contribution in [0.4, 0.5) is 0 Å². The Morgan fingerprint density at radius 1 is 1.10 bits per heavy atom. The molecule has 0 fully saturated rings. The van der Waals surface area contributed by atoms with Crippen LogP contribution in [0.3, 0.4) is 0 Å². The summed E-state index contributed by atoms with van der Waals surface area (Å²) >= 11 is 0. The van der Waals surface area contributed by atoms with E-state index in [0.29, 0.717) is 5.56 Å². The van der Waals surface area contributed by atoms with E-state index in [1.807, 2.05) is 44.2 Å². The number of fused-ring (bicyclic) bond motifs is 1. The van der Waals surface area contributed by atoms with Crippen molar-refractivity contribution in [2.75, 3.05) is 0 Å². The molecular weight excluding hydrogens is 248 g/mol. The minimum Gasteiger partial charge on any atom is -0.469 e. The molecule has 1 aromatic heterocycles. The van der Waals surface area contributed by atoms with Gasteiger partial charge in [0.2, 0.25) is 0 Å². The van der Waals surface area contributed by atoms with Crippen LogP contribution < -0.4 is 0 Å². The van der Waals surface area contributed by atoms with E-state index in [9.17, 15) is 4.79 Å². The van der Waals surface area contributed by atoms with Crippen LogP contribution in [0.5, 0.6) is 0 Å². The fraction of sp³-hybridized carbons (Fsp3) is 0.167. The van der Waals surface area contributed by atoms with E-state index in [4.69, 9.17) is 4.42 Å². The third-order valence-corrected chi connectivity index (χ3v) is 3.68. The summed E-state index contributed by atoms with van der Waals surface area (Å²) in [6.45, 7) is 3.97. The van der Waals surface area contributed by atoms with Gasteiger partial charge in [-0.1, -0.05) is 43.3 Å². The zero-order chi connectivity index (χ0) is 14.1. The Bertz CT molecular complexity index is 781. The maximum atomic E-state index is 12.9. The van der Waals surface area contributed by atoms with Crippen molar-refractivity contribution in [3.05, 3.63) is 71.2 Å². The first-order chi connectivity index (χ1) is 9.72. The monoisotopic (exact) mass is 264 g/mol. The van der Waals surface area contributed by atoms with Crippen LogP contribution >= 0.6 is 0 Å². The average molecular weight is 264 g/mol. The van der Waals surface area contributed by atoms with E-state index in [0.717, 1.165) is 34.1 Å².